The Bertz CT molecular complexity index is 2590. The van der Waals surface area contributed by atoms with Crippen LogP contribution in [0.4, 0.5) is 0 Å². The van der Waals surface area contributed by atoms with Crippen LogP contribution in [0.1, 0.15) is 0 Å². The van der Waals surface area contributed by atoms with Gasteiger partial charge in [-0.15, -0.1) is 11.3 Å². The zero-order valence-electron chi connectivity index (χ0n) is 26.6. The van der Waals surface area contributed by atoms with Crippen molar-refractivity contribution in [2.45, 2.75) is 0 Å². The summed E-state index contributed by atoms with van der Waals surface area (Å²) in [5.41, 5.74) is 11.8. The summed E-state index contributed by atoms with van der Waals surface area (Å²) in [6, 6.07) is 64.4. The molecule has 3 heteroatoms. The lowest BCUT2D eigenvalue weighted by Gasteiger charge is -2.15. The van der Waals surface area contributed by atoms with Gasteiger partial charge >= 0.3 is 0 Å². The first kappa shape index (κ1) is 29.0. The highest BCUT2D eigenvalue weighted by Crippen LogP contribution is 2.39. The van der Waals surface area contributed by atoms with Crippen LogP contribution in [0.5, 0.6) is 0 Å². The van der Waals surface area contributed by atoms with E-state index in [9.17, 15) is 0 Å². The van der Waals surface area contributed by atoms with Crippen molar-refractivity contribution in [2.24, 2.45) is 0 Å². The largest absolute Gasteiger partial charge is 0.228 e. The molecule has 0 amide bonds. The van der Waals surface area contributed by atoms with E-state index in [4.69, 9.17) is 9.97 Å². The number of fused-ring (bicyclic) bond motifs is 3. The molecule has 0 fully saturated rings. The topological polar surface area (TPSA) is 25.8 Å². The summed E-state index contributed by atoms with van der Waals surface area (Å²) in [7, 11) is 0. The monoisotopic (exact) mass is 642 g/mol. The molecular weight excluding hydrogens is 613 g/mol. The molecule has 49 heavy (non-hydrogen) atoms. The van der Waals surface area contributed by atoms with Gasteiger partial charge in [-0.05, 0) is 69.8 Å². The van der Waals surface area contributed by atoms with Crippen molar-refractivity contribution in [2.75, 3.05) is 0 Å². The van der Waals surface area contributed by atoms with Crippen LogP contribution in [-0.4, -0.2) is 9.97 Å². The molecule has 0 aliphatic rings. The maximum absolute atomic E-state index is 5.32. The Morgan fingerprint density at radius 1 is 0.306 bits per heavy atom. The second-order valence-corrected chi connectivity index (χ2v) is 13.3. The second kappa shape index (κ2) is 12.5. The molecule has 2 nitrogen and oxygen atoms in total. The predicted molar refractivity (Wildman–Crippen MR) is 208 cm³/mol. The number of hydrogen-bond acceptors (Lipinski definition) is 3. The van der Waals surface area contributed by atoms with Crippen molar-refractivity contribution < 1.29 is 0 Å². The van der Waals surface area contributed by atoms with Crippen molar-refractivity contribution in [1.29, 1.82) is 0 Å². The minimum Gasteiger partial charge on any atom is -0.228 e. The van der Waals surface area contributed by atoms with Gasteiger partial charge in [0.15, 0.2) is 5.82 Å². The molecule has 0 N–H and O–H groups in total. The highest BCUT2D eigenvalue weighted by molar-refractivity contribution is 7.25. The van der Waals surface area contributed by atoms with Gasteiger partial charge in [0, 0.05) is 36.9 Å². The molecule has 2 aromatic heterocycles. The minimum absolute atomic E-state index is 0.703. The summed E-state index contributed by atoms with van der Waals surface area (Å²) in [5.74, 6) is 0.703. The molecule has 9 aromatic rings. The molecule has 2 heterocycles. The van der Waals surface area contributed by atoms with E-state index in [1.807, 2.05) is 23.5 Å². The fraction of sp³-hybridized carbons (Fsp3) is 0. The van der Waals surface area contributed by atoms with Gasteiger partial charge in [0.05, 0.1) is 11.4 Å². The van der Waals surface area contributed by atoms with Crippen molar-refractivity contribution in [1.82, 2.24) is 9.97 Å². The minimum atomic E-state index is 0.703. The average Bonchev–Trinajstić information content (AvgIpc) is 3.56. The van der Waals surface area contributed by atoms with Gasteiger partial charge in [0.2, 0.25) is 0 Å². The van der Waals surface area contributed by atoms with Crippen LogP contribution in [0, 0.1) is 0 Å². The van der Waals surface area contributed by atoms with Crippen LogP contribution >= 0.6 is 11.3 Å². The first-order chi connectivity index (χ1) is 24.3. The van der Waals surface area contributed by atoms with Crippen LogP contribution in [0.15, 0.2) is 182 Å². The first-order valence-electron chi connectivity index (χ1n) is 16.5. The molecule has 0 saturated heterocycles. The quantitative estimate of drug-likeness (QED) is 0.180. The third-order valence-electron chi connectivity index (χ3n) is 9.10. The van der Waals surface area contributed by atoms with E-state index in [1.165, 1.54) is 31.3 Å². The van der Waals surface area contributed by atoms with E-state index in [0.717, 1.165) is 50.3 Å². The lowest BCUT2D eigenvalue weighted by molar-refractivity contribution is 1.18. The van der Waals surface area contributed by atoms with Crippen LogP contribution in [0.25, 0.3) is 87.5 Å². The van der Waals surface area contributed by atoms with Gasteiger partial charge in [-0.1, -0.05) is 146 Å². The summed E-state index contributed by atoms with van der Waals surface area (Å²) in [4.78, 5) is 10.5. The Labute approximate surface area is 289 Å². The molecule has 0 unspecified atom stereocenters. The van der Waals surface area contributed by atoms with Crippen LogP contribution in [0.2, 0.25) is 0 Å². The Morgan fingerprint density at radius 3 is 1.57 bits per heavy atom. The first-order valence-corrected chi connectivity index (χ1v) is 17.3. The number of benzene rings is 7. The molecule has 0 radical (unpaired) electrons. The van der Waals surface area contributed by atoms with Gasteiger partial charge in [-0.3, -0.25) is 0 Å². The highest BCUT2D eigenvalue weighted by atomic mass is 32.1. The van der Waals surface area contributed by atoms with Crippen LogP contribution < -0.4 is 0 Å². The summed E-state index contributed by atoms with van der Waals surface area (Å²) in [6.07, 6.45) is 0. The molecule has 9 rings (SSSR count). The number of thiophene rings is 1. The molecule has 0 saturated carbocycles. The highest BCUT2D eigenvalue weighted by Gasteiger charge is 2.16. The molecule has 0 spiro atoms. The zero-order chi connectivity index (χ0) is 32.6. The van der Waals surface area contributed by atoms with E-state index in [1.54, 1.807) is 0 Å². The number of nitrogens with zero attached hydrogens (tertiary/aromatic N) is 2. The smallest absolute Gasteiger partial charge is 0.161 e. The number of aromatic nitrogens is 2. The van der Waals surface area contributed by atoms with Crippen LogP contribution in [-0.2, 0) is 0 Å². The van der Waals surface area contributed by atoms with Gasteiger partial charge < -0.3 is 0 Å². The molecule has 7 aromatic carbocycles. The van der Waals surface area contributed by atoms with Gasteiger partial charge in [-0.2, -0.15) is 0 Å². The van der Waals surface area contributed by atoms with Crippen LogP contribution in [0.3, 0.4) is 0 Å². The maximum atomic E-state index is 5.32. The van der Waals surface area contributed by atoms with Crippen molar-refractivity contribution in [3.05, 3.63) is 182 Å². The van der Waals surface area contributed by atoms with E-state index in [2.05, 4.69) is 170 Å². The molecule has 0 aliphatic carbocycles. The Hall–Kier alpha value is -6.16. The lowest BCUT2D eigenvalue weighted by atomic mass is 9.94. The predicted octanol–water partition coefficient (Wildman–Crippen LogP) is 12.8. The lowest BCUT2D eigenvalue weighted by Crippen LogP contribution is -1.98. The third kappa shape index (κ3) is 5.61. The van der Waals surface area contributed by atoms with Gasteiger partial charge in [-0.25, -0.2) is 9.97 Å². The van der Waals surface area contributed by atoms with E-state index >= 15 is 0 Å². The van der Waals surface area contributed by atoms with Gasteiger partial charge in [0.1, 0.15) is 0 Å². The van der Waals surface area contributed by atoms with E-state index in [0.29, 0.717) is 5.82 Å². The third-order valence-corrected chi connectivity index (χ3v) is 10.2. The fourth-order valence-electron chi connectivity index (χ4n) is 6.66. The molecular formula is C46H30N2S. The second-order valence-electron chi connectivity index (χ2n) is 12.2. The summed E-state index contributed by atoms with van der Waals surface area (Å²) in [6.45, 7) is 0. The Balaban J connectivity index is 1.26. The number of rotatable bonds is 6. The summed E-state index contributed by atoms with van der Waals surface area (Å²) >= 11 is 1.85. The molecule has 0 bridgehead atoms. The van der Waals surface area contributed by atoms with E-state index < -0.39 is 0 Å². The van der Waals surface area contributed by atoms with Crippen molar-refractivity contribution in [3.63, 3.8) is 0 Å². The van der Waals surface area contributed by atoms with Crippen molar-refractivity contribution in [3.8, 4) is 67.3 Å². The normalized spacial score (nSPS) is 11.3. The average molecular weight is 643 g/mol. The maximum Gasteiger partial charge on any atom is 0.161 e. The standard InChI is InChI=1S/C46H30N2S/c1-4-14-31(15-5-1)35-26-36(34-24-25-40-39-21-12-13-23-44(39)49-45(40)29-34)28-37(27-35)43-30-42(33-18-8-3-9-19-33)47-46(48-43)41-22-11-10-20-38(41)32-16-6-2-7-17-32/h1-30H. The Morgan fingerprint density at radius 2 is 0.837 bits per heavy atom. The zero-order valence-corrected chi connectivity index (χ0v) is 27.4. The number of hydrogen-bond donors (Lipinski definition) is 0. The SMILES string of the molecule is c1ccc(-c2cc(-c3ccc4c(c3)sc3ccccc34)cc(-c3cc(-c4ccccc4)nc(-c4ccccc4-c4ccccc4)n3)c2)cc1. The van der Waals surface area contributed by atoms with Gasteiger partial charge in [0.25, 0.3) is 0 Å². The van der Waals surface area contributed by atoms with Crippen molar-refractivity contribution >= 4 is 31.5 Å². The molecule has 0 aliphatic heterocycles. The fourth-order valence-corrected chi connectivity index (χ4v) is 7.81. The Kier molecular flexibility index (Phi) is 7.38. The van der Waals surface area contributed by atoms with E-state index in [-0.39, 0.29) is 0 Å². The summed E-state index contributed by atoms with van der Waals surface area (Å²) < 4.78 is 2.60. The molecule has 0 atom stereocenters. The summed E-state index contributed by atoms with van der Waals surface area (Å²) in [5, 5.41) is 2.61. The molecule has 230 valence electrons.